The molecule has 2 aliphatic rings. The summed E-state index contributed by atoms with van der Waals surface area (Å²) in [7, 11) is -5.24. The number of ether oxygens (including phenoxy) is 2. The molecule has 0 aromatic heterocycles. The lowest BCUT2D eigenvalue weighted by Crippen LogP contribution is -2.68. The fourth-order valence-corrected chi connectivity index (χ4v) is 3.56. The fraction of sp³-hybridized carbons (Fsp3) is 1.00. The average Bonchev–Trinajstić information content (AvgIpc) is 2.60. The summed E-state index contributed by atoms with van der Waals surface area (Å²) in [5.41, 5.74) is 5.67. The zero-order valence-corrected chi connectivity index (χ0v) is 14.6. The molecule has 11 atom stereocenters. The third-order valence-corrected chi connectivity index (χ3v) is 5.04. The van der Waals surface area contributed by atoms with Gasteiger partial charge in [-0.3, -0.25) is 4.52 Å². The third kappa shape index (κ3) is 4.83. The van der Waals surface area contributed by atoms with Crippen LogP contribution in [0.5, 0.6) is 0 Å². The lowest BCUT2D eigenvalue weighted by Gasteiger charge is -2.47. The largest absolute Gasteiger partial charge is 0.470 e. The number of rotatable bonds is 5. The molecule has 1 aliphatic heterocycles. The summed E-state index contributed by atoms with van der Waals surface area (Å²) in [5.74, 6) is 0. The molecule has 2 rings (SSSR count). The zero-order chi connectivity index (χ0) is 20.7. The van der Waals surface area contributed by atoms with E-state index in [1.807, 2.05) is 0 Å². The monoisotopic (exact) mass is 421 g/mol. The first-order valence-corrected chi connectivity index (χ1v) is 9.41. The van der Waals surface area contributed by atoms with Crippen molar-refractivity contribution in [3.63, 3.8) is 0 Å². The Morgan fingerprint density at radius 2 is 1.37 bits per heavy atom. The Morgan fingerprint density at radius 3 is 1.85 bits per heavy atom. The van der Waals surface area contributed by atoms with Gasteiger partial charge in [0.05, 0.1) is 12.6 Å². The Hall–Kier alpha value is -0.290. The second-order valence-corrected chi connectivity index (χ2v) is 7.60. The van der Waals surface area contributed by atoms with Gasteiger partial charge in [0.25, 0.3) is 0 Å². The van der Waals surface area contributed by atoms with Gasteiger partial charge in [-0.1, -0.05) is 0 Å². The Labute approximate surface area is 152 Å². The zero-order valence-electron chi connectivity index (χ0n) is 13.7. The lowest BCUT2D eigenvalue weighted by atomic mass is 9.84. The van der Waals surface area contributed by atoms with Gasteiger partial charge in [-0.05, 0) is 0 Å². The van der Waals surface area contributed by atoms with E-state index in [2.05, 4.69) is 4.52 Å². The molecule has 2 fully saturated rings. The van der Waals surface area contributed by atoms with Crippen LogP contribution < -0.4 is 5.73 Å². The number of aliphatic hydroxyl groups excluding tert-OH is 7. The highest BCUT2D eigenvalue weighted by atomic mass is 31.2. The Bertz CT molecular complexity index is 545. The van der Waals surface area contributed by atoms with Crippen LogP contribution in [-0.2, 0) is 18.6 Å². The van der Waals surface area contributed by atoms with Crippen LogP contribution in [0.2, 0.25) is 0 Å². The topological polar surface area (TPSA) is 253 Å². The van der Waals surface area contributed by atoms with Crippen LogP contribution in [0.4, 0.5) is 0 Å². The Morgan fingerprint density at radius 1 is 0.852 bits per heavy atom. The van der Waals surface area contributed by atoms with E-state index in [0.717, 1.165) is 0 Å². The standard InChI is InChI=1S/C12H24NO13P/c13-3-5(16)4(15)2(1-14)24-12(3)25-10-8(19)6(17)7(18)9(20)11(10)26-27(21,22)23/h2-12,14-20H,1,13H2,(H2,21,22,23). The molecule has 1 saturated heterocycles. The molecule has 1 saturated carbocycles. The predicted molar refractivity (Wildman–Crippen MR) is 81.6 cm³/mol. The fourth-order valence-electron chi connectivity index (χ4n) is 3.00. The van der Waals surface area contributed by atoms with Gasteiger partial charge >= 0.3 is 7.82 Å². The molecule has 0 aromatic carbocycles. The van der Waals surface area contributed by atoms with Gasteiger partial charge in [0.2, 0.25) is 0 Å². The number of phosphoric ester groups is 1. The van der Waals surface area contributed by atoms with Crippen molar-refractivity contribution in [2.75, 3.05) is 6.61 Å². The highest BCUT2D eigenvalue weighted by Crippen LogP contribution is 2.42. The quantitative estimate of drug-likeness (QED) is 0.186. The summed E-state index contributed by atoms with van der Waals surface area (Å²) in [6.07, 6.45) is -18.2. The van der Waals surface area contributed by atoms with Crippen LogP contribution in [0.25, 0.3) is 0 Å². The van der Waals surface area contributed by atoms with E-state index in [1.54, 1.807) is 0 Å². The van der Waals surface area contributed by atoms with E-state index in [-0.39, 0.29) is 0 Å². The molecule has 1 aliphatic carbocycles. The van der Waals surface area contributed by atoms with E-state index in [4.69, 9.17) is 25.0 Å². The maximum Gasteiger partial charge on any atom is 0.470 e. The van der Waals surface area contributed by atoms with Gasteiger partial charge in [0, 0.05) is 0 Å². The molecule has 160 valence electrons. The van der Waals surface area contributed by atoms with Crippen LogP contribution in [0, 0.1) is 0 Å². The van der Waals surface area contributed by atoms with Crippen molar-refractivity contribution in [1.29, 1.82) is 0 Å². The molecule has 11 N–H and O–H groups in total. The molecule has 15 heteroatoms. The molecule has 1 heterocycles. The van der Waals surface area contributed by atoms with Crippen molar-refractivity contribution in [3.05, 3.63) is 0 Å². The van der Waals surface area contributed by atoms with Gasteiger partial charge in [0.1, 0.15) is 54.9 Å². The summed E-state index contributed by atoms with van der Waals surface area (Å²) < 4.78 is 26.0. The van der Waals surface area contributed by atoms with Gasteiger partial charge < -0.3 is 60.7 Å². The SMILES string of the molecule is NC1C(OC2C(O)C(O)C(O)C(O)C2OP(=O)(O)O)OC(CO)C(O)C1O. The summed E-state index contributed by atoms with van der Waals surface area (Å²) in [5, 5.41) is 68.4. The Kier molecular flexibility index (Phi) is 7.33. The highest BCUT2D eigenvalue weighted by Gasteiger charge is 2.54. The predicted octanol–water partition coefficient (Wildman–Crippen LogP) is -5.93. The van der Waals surface area contributed by atoms with Crippen molar-refractivity contribution >= 4 is 7.82 Å². The minimum atomic E-state index is -5.24. The van der Waals surface area contributed by atoms with Crippen LogP contribution in [0.3, 0.4) is 0 Å². The minimum Gasteiger partial charge on any atom is -0.394 e. The smallest absolute Gasteiger partial charge is 0.394 e. The number of phosphoric acid groups is 1. The van der Waals surface area contributed by atoms with Gasteiger partial charge in [-0.2, -0.15) is 0 Å². The molecule has 14 nitrogen and oxygen atoms in total. The van der Waals surface area contributed by atoms with Crippen LogP contribution in [-0.4, -0.2) is 119 Å². The molecule has 0 spiro atoms. The summed E-state index contributed by atoms with van der Waals surface area (Å²) >= 11 is 0. The number of hydrogen-bond acceptors (Lipinski definition) is 12. The van der Waals surface area contributed by atoms with E-state index >= 15 is 0 Å². The van der Waals surface area contributed by atoms with Crippen molar-refractivity contribution < 1.29 is 64.1 Å². The number of nitrogens with two attached hydrogens (primary N) is 1. The summed E-state index contributed by atoms with van der Waals surface area (Å²) in [4.78, 5) is 18.0. The Balaban J connectivity index is 2.27. The van der Waals surface area contributed by atoms with E-state index in [9.17, 15) is 40.3 Å². The molecular formula is C12H24NO13P. The van der Waals surface area contributed by atoms with E-state index < -0.39 is 81.7 Å². The number of aliphatic hydroxyl groups is 7. The van der Waals surface area contributed by atoms with Crippen molar-refractivity contribution in [2.45, 2.75) is 67.3 Å². The summed E-state index contributed by atoms with van der Waals surface area (Å²) in [6, 6.07) is -1.44. The molecule has 0 radical (unpaired) electrons. The van der Waals surface area contributed by atoms with E-state index in [1.165, 1.54) is 0 Å². The van der Waals surface area contributed by atoms with Gasteiger partial charge in [-0.15, -0.1) is 0 Å². The van der Waals surface area contributed by atoms with Crippen LogP contribution in [0.15, 0.2) is 0 Å². The lowest BCUT2D eigenvalue weighted by molar-refractivity contribution is -0.315. The minimum absolute atomic E-state index is 0.746. The number of hydrogen-bond donors (Lipinski definition) is 10. The maximum absolute atomic E-state index is 11.2. The van der Waals surface area contributed by atoms with Gasteiger partial charge in [0.15, 0.2) is 6.29 Å². The van der Waals surface area contributed by atoms with E-state index in [0.29, 0.717) is 0 Å². The van der Waals surface area contributed by atoms with Crippen molar-refractivity contribution in [2.24, 2.45) is 5.73 Å². The molecule has 0 amide bonds. The van der Waals surface area contributed by atoms with Crippen LogP contribution in [0.1, 0.15) is 0 Å². The maximum atomic E-state index is 11.2. The third-order valence-electron chi connectivity index (χ3n) is 4.53. The van der Waals surface area contributed by atoms with Crippen LogP contribution >= 0.6 is 7.82 Å². The second-order valence-electron chi connectivity index (χ2n) is 6.41. The first-order valence-electron chi connectivity index (χ1n) is 7.88. The normalized spacial score (nSPS) is 49.2. The second kappa shape index (κ2) is 8.61. The first-order chi connectivity index (χ1) is 12.4. The molecule has 27 heavy (non-hydrogen) atoms. The molecular weight excluding hydrogens is 397 g/mol. The summed E-state index contributed by atoms with van der Waals surface area (Å²) in [6.45, 7) is -0.746. The van der Waals surface area contributed by atoms with Gasteiger partial charge in [-0.25, -0.2) is 4.57 Å². The first kappa shape index (κ1) is 23.0. The van der Waals surface area contributed by atoms with Crippen molar-refractivity contribution in [1.82, 2.24) is 0 Å². The highest BCUT2D eigenvalue weighted by molar-refractivity contribution is 7.46. The molecule has 0 aromatic rings. The molecule has 11 unspecified atom stereocenters. The van der Waals surface area contributed by atoms with Crippen molar-refractivity contribution in [3.8, 4) is 0 Å². The average molecular weight is 421 g/mol. The molecule has 0 bridgehead atoms.